The maximum atomic E-state index is 12.1. The Labute approximate surface area is 149 Å². The topological polar surface area (TPSA) is 44.4 Å². The zero-order chi connectivity index (χ0) is 14.4. The van der Waals surface area contributed by atoms with Crippen LogP contribution in [0.15, 0.2) is 24.3 Å². The van der Waals surface area contributed by atoms with Crippen LogP contribution < -0.4 is 10.6 Å². The first kappa shape index (κ1) is 21.5. The van der Waals surface area contributed by atoms with E-state index in [2.05, 4.69) is 41.5 Å². The minimum Gasteiger partial charge on any atom is -0.325 e. The first-order valence-corrected chi connectivity index (χ1v) is 8.31. The number of anilines is 1. The van der Waals surface area contributed by atoms with Gasteiger partial charge in [-0.25, -0.2) is 0 Å². The lowest BCUT2D eigenvalue weighted by Gasteiger charge is -2.18. The average molecular weight is 366 g/mol. The number of benzene rings is 1. The van der Waals surface area contributed by atoms with Crippen molar-refractivity contribution in [3.63, 3.8) is 0 Å². The Hall–Kier alpha value is -0.460. The van der Waals surface area contributed by atoms with Crippen LogP contribution in [0.4, 0.5) is 5.69 Å². The summed E-state index contributed by atoms with van der Waals surface area (Å²) in [6, 6.07) is 8.07. The second kappa shape index (κ2) is 11.1. The Kier molecular flexibility index (Phi) is 10.9. The summed E-state index contributed by atoms with van der Waals surface area (Å²) in [7, 11) is 0. The van der Waals surface area contributed by atoms with Crippen LogP contribution in [0.1, 0.15) is 19.4 Å². The predicted octanol–water partition coefficient (Wildman–Crippen LogP) is 2.97. The molecule has 1 aliphatic heterocycles. The highest BCUT2D eigenvalue weighted by Gasteiger charge is 2.22. The molecule has 2 rings (SSSR count). The molecule has 2 N–H and O–H groups in total. The molecule has 1 amide bonds. The fraction of sp³-hybridized carbons (Fsp3) is 0.533. The largest absolute Gasteiger partial charge is 0.325 e. The number of nitrogens with zero attached hydrogens (tertiary/aromatic N) is 1. The molecule has 0 aromatic heterocycles. The lowest BCUT2D eigenvalue weighted by molar-refractivity contribution is -0.117. The van der Waals surface area contributed by atoms with E-state index in [0.717, 1.165) is 37.0 Å². The standard InChI is InChI=1S/C15H23N3OS.2ClH/c1-3-18(4-2)9-12-6-5-7-13(8-12)17-15(19)14-10-20-11-16-14;;/h5-8,14,16H,3-4,9-11H2,1-2H3,(H,17,19);2*1H. The second-order valence-corrected chi connectivity index (χ2v) is 5.95. The molecule has 1 heterocycles. The average Bonchev–Trinajstić information content (AvgIpc) is 2.99. The van der Waals surface area contributed by atoms with Gasteiger partial charge in [-0.05, 0) is 30.8 Å². The molecule has 22 heavy (non-hydrogen) atoms. The lowest BCUT2D eigenvalue weighted by Crippen LogP contribution is -2.37. The lowest BCUT2D eigenvalue weighted by atomic mass is 10.1. The molecule has 0 spiro atoms. The molecule has 1 unspecified atom stereocenters. The Balaban J connectivity index is 0.00000220. The van der Waals surface area contributed by atoms with Crippen molar-refractivity contribution in [2.75, 3.05) is 30.0 Å². The van der Waals surface area contributed by atoms with Gasteiger partial charge in [0.2, 0.25) is 5.91 Å². The van der Waals surface area contributed by atoms with Gasteiger partial charge in [-0.1, -0.05) is 26.0 Å². The van der Waals surface area contributed by atoms with Crippen LogP contribution in [0.3, 0.4) is 0 Å². The summed E-state index contributed by atoms with van der Waals surface area (Å²) in [5.74, 6) is 1.78. The molecule has 0 bridgehead atoms. The smallest absolute Gasteiger partial charge is 0.242 e. The predicted molar refractivity (Wildman–Crippen MR) is 100 cm³/mol. The highest BCUT2D eigenvalue weighted by molar-refractivity contribution is 7.99. The molecule has 0 aliphatic carbocycles. The minimum absolute atomic E-state index is 0. The molecule has 1 aliphatic rings. The van der Waals surface area contributed by atoms with Gasteiger partial charge in [0.05, 0.1) is 6.04 Å². The number of carbonyl (C=O) groups excluding carboxylic acids is 1. The van der Waals surface area contributed by atoms with Crippen LogP contribution in [0.2, 0.25) is 0 Å². The molecule has 1 aromatic carbocycles. The van der Waals surface area contributed by atoms with Crippen LogP contribution in [0, 0.1) is 0 Å². The van der Waals surface area contributed by atoms with Gasteiger partial charge in [-0.15, -0.1) is 36.6 Å². The maximum Gasteiger partial charge on any atom is 0.242 e. The number of carbonyl (C=O) groups is 1. The van der Waals surface area contributed by atoms with Crippen molar-refractivity contribution in [1.29, 1.82) is 0 Å². The Bertz CT molecular complexity index is 452. The molecular weight excluding hydrogens is 341 g/mol. The summed E-state index contributed by atoms with van der Waals surface area (Å²) in [4.78, 5) is 14.4. The van der Waals surface area contributed by atoms with Crippen LogP contribution >= 0.6 is 36.6 Å². The van der Waals surface area contributed by atoms with Gasteiger partial charge in [-0.2, -0.15) is 0 Å². The maximum absolute atomic E-state index is 12.1. The zero-order valence-electron chi connectivity index (χ0n) is 13.0. The van der Waals surface area contributed by atoms with Crippen molar-refractivity contribution < 1.29 is 4.79 Å². The van der Waals surface area contributed by atoms with Crippen molar-refractivity contribution in [2.24, 2.45) is 0 Å². The fourth-order valence-corrected chi connectivity index (χ4v) is 3.19. The van der Waals surface area contributed by atoms with E-state index >= 15 is 0 Å². The van der Waals surface area contributed by atoms with Crippen LogP contribution in [-0.4, -0.2) is 41.6 Å². The van der Waals surface area contributed by atoms with Crippen molar-refractivity contribution in [3.05, 3.63) is 29.8 Å². The summed E-state index contributed by atoms with van der Waals surface area (Å²) < 4.78 is 0. The van der Waals surface area contributed by atoms with Gasteiger partial charge in [-0.3, -0.25) is 15.0 Å². The normalized spacial score (nSPS) is 16.8. The molecule has 0 saturated carbocycles. The van der Waals surface area contributed by atoms with Gasteiger partial charge in [0.25, 0.3) is 0 Å². The monoisotopic (exact) mass is 365 g/mol. The van der Waals surface area contributed by atoms with E-state index in [0.29, 0.717) is 0 Å². The summed E-state index contributed by atoms with van der Waals surface area (Å²) >= 11 is 1.76. The highest BCUT2D eigenvalue weighted by atomic mass is 35.5. The molecule has 1 atom stereocenters. The van der Waals surface area contributed by atoms with Crippen LogP contribution in [-0.2, 0) is 11.3 Å². The number of thioether (sulfide) groups is 1. The van der Waals surface area contributed by atoms with Gasteiger partial charge in [0.15, 0.2) is 0 Å². The molecule has 7 heteroatoms. The van der Waals surface area contributed by atoms with Crippen molar-refractivity contribution in [2.45, 2.75) is 26.4 Å². The van der Waals surface area contributed by atoms with Crippen LogP contribution in [0.25, 0.3) is 0 Å². The Morgan fingerprint density at radius 3 is 2.68 bits per heavy atom. The highest BCUT2D eigenvalue weighted by Crippen LogP contribution is 2.15. The van der Waals surface area contributed by atoms with E-state index in [4.69, 9.17) is 0 Å². The van der Waals surface area contributed by atoms with Gasteiger partial charge < -0.3 is 5.32 Å². The number of halogens is 2. The van der Waals surface area contributed by atoms with Crippen molar-refractivity contribution >= 4 is 48.2 Å². The number of amides is 1. The molecule has 126 valence electrons. The summed E-state index contributed by atoms with van der Waals surface area (Å²) in [6.45, 7) is 7.33. The van der Waals surface area contributed by atoms with E-state index in [9.17, 15) is 4.79 Å². The molecule has 1 fully saturated rings. The third-order valence-corrected chi connectivity index (χ3v) is 4.47. The summed E-state index contributed by atoms with van der Waals surface area (Å²) in [6.07, 6.45) is 0. The number of hydrogen-bond donors (Lipinski definition) is 2. The SMILES string of the molecule is CCN(CC)Cc1cccc(NC(=O)C2CSCN2)c1.Cl.Cl. The van der Waals surface area contributed by atoms with Gasteiger partial charge in [0.1, 0.15) is 0 Å². The third-order valence-electron chi connectivity index (χ3n) is 3.53. The van der Waals surface area contributed by atoms with E-state index in [-0.39, 0.29) is 36.8 Å². The molecule has 1 saturated heterocycles. The summed E-state index contributed by atoms with van der Waals surface area (Å²) in [5, 5.41) is 6.18. The molecule has 4 nitrogen and oxygen atoms in total. The number of nitrogens with one attached hydrogen (secondary N) is 2. The Morgan fingerprint density at radius 1 is 1.36 bits per heavy atom. The second-order valence-electron chi connectivity index (χ2n) is 4.92. The van der Waals surface area contributed by atoms with E-state index in [1.807, 2.05) is 12.1 Å². The van der Waals surface area contributed by atoms with Gasteiger partial charge >= 0.3 is 0 Å². The Morgan fingerprint density at radius 2 is 2.09 bits per heavy atom. The van der Waals surface area contributed by atoms with Crippen LogP contribution in [0.5, 0.6) is 0 Å². The van der Waals surface area contributed by atoms with E-state index in [1.165, 1.54) is 5.56 Å². The first-order valence-electron chi connectivity index (χ1n) is 7.16. The summed E-state index contributed by atoms with van der Waals surface area (Å²) in [5.41, 5.74) is 2.12. The molecule has 0 radical (unpaired) electrons. The van der Waals surface area contributed by atoms with Gasteiger partial charge in [0, 0.05) is 23.9 Å². The minimum atomic E-state index is -0.0635. The fourth-order valence-electron chi connectivity index (χ4n) is 2.25. The third kappa shape index (κ3) is 6.34. The first-order chi connectivity index (χ1) is 9.72. The molecular formula is C15H25Cl2N3OS. The quantitative estimate of drug-likeness (QED) is 0.813. The number of rotatable bonds is 6. The van der Waals surface area contributed by atoms with Crippen molar-refractivity contribution in [1.82, 2.24) is 10.2 Å². The van der Waals surface area contributed by atoms with E-state index in [1.54, 1.807) is 11.8 Å². The number of hydrogen-bond acceptors (Lipinski definition) is 4. The zero-order valence-corrected chi connectivity index (χ0v) is 15.5. The van der Waals surface area contributed by atoms with E-state index < -0.39 is 0 Å². The molecule has 1 aromatic rings. The van der Waals surface area contributed by atoms with Crippen molar-refractivity contribution in [3.8, 4) is 0 Å².